The largest absolute Gasteiger partial charge is 0.478 e. The van der Waals surface area contributed by atoms with Crippen molar-refractivity contribution in [3.8, 4) is 5.75 Å². The summed E-state index contributed by atoms with van der Waals surface area (Å²) in [5.74, 6) is 1.66. The van der Waals surface area contributed by atoms with Gasteiger partial charge in [0.05, 0.1) is 12.1 Å². The summed E-state index contributed by atoms with van der Waals surface area (Å²) in [4.78, 5) is 36.8. The van der Waals surface area contributed by atoms with Gasteiger partial charge >= 0.3 is 5.97 Å². The van der Waals surface area contributed by atoms with Gasteiger partial charge in [0, 0.05) is 6.04 Å². The van der Waals surface area contributed by atoms with Gasteiger partial charge in [-0.1, -0.05) is 12.1 Å². The lowest BCUT2D eigenvalue weighted by Gasteiger charge is -2.59. The number of amides is 2. The number of esters is 1. The highest BCUT2D eigenvalue weighted by molar-refractivity contribution is 5.99. The van der Waals surface area contributed by atoms with Crippen LogP contribution in [0.15, 0.2) is 24.3 Å². The number of nitrogens with one attached hydrogen (secondary N) is 2. The number of anilines is 1. The summed E-state index contributed by atoms with van der Waals surface area (Å²) in [6.07, 6.45) is 6.49. The zero-order valence-electron chi connectivity index (χ0n) is 17.9. The standard InChI is InChI=1S/C24H30N2O5/c1-14(24-10-15-6-16(11-24)8-17(7-15)12-24)25-21(27)13-30-22(28)9-20-23(29)26-18-4-2-3-5-19(18)31-20/h2-5,14-17,20H,6-13H2,1H3,(H,25,27)(H,26,29)/t14-,15?,16?,17?,20-,24?/m1/s1. The molecule has 1 aromatic rings. The molecule has 4 saturated carbocycles. The van der Waals surface area contributed by atoms with Crippen LogP contribution >= 0.6 is 0 Å². The van der Waals surface area contributed by atoms with Gasteiger partial charge in [0.1, 0.15) is 5.75 Å². The van der Waals surface area contributed by atoms with Crippen LogP contribution in [-0.4, -0.2) is 36.5 Å². The van der Waals surface area contributed by atoms with Crippen molar-refractivity contribution in [3.05, 3.63) is 24.3 Å². The predicted molar refractivity (Wildman–Crippen MR) is 113 cm³/mol. The highest BCUT2D eigenvalue weighted by Gasteiger charge is 2.53. The van der Waals surface area contributed by atoms with Crippen LogP contribution in [0.4, 0.5) is 5.69 Å². The van der Waals surface area contributed by atoms with E-state index in [-0.39, 0.29) is 30.4 Å². The quantitative estimate of drug-likeness (QED) is 0.682. The van der Waals surface area contributed by atoms with E-state index in [0.717, 1.165) is 17.8 Å². The highest BCUT2D eigenvalue weighted by Crippen LogP contribution is 2.61. The van der Waals surface area contributed by atoms with E-state index in [1.807, 2.05) is 0 Å². The third kappa shape index (κ3) is 4.02. The van der Waals surface area contributed by atoms with Crippen LogP contribution in [-0.2, 0) is 19.1 Å². The minimum Gasteiger partial charge on any atom is -0.478 e. The molecule has 5 aliphatic rings. The smallest absolute Gasteiger partial charge is 0.310 e. The zero-order valence-corrected chi connectivity index (χ0v) is 17.9. The summed E-state index contributed by atoms with van der Waals surface area (Å²) in [6.45, 7) is 1.77. The van der Waals surface area contributed by atoms with Crippen molar-refractivity contribution in [2.75, 3.05) is 11.9 Å². The maximum Gasteiger partial charge on any atom is 0.310 e. The molecule has 2 amide bonds. The molecule has 2 atom stereocenters. The second-order valence-electron chi connectivity index (χ2n) is 10.0. The molecule has 166 valence electrons. The van der Waals surface area contributed by atoms with E-state index in [1.165, 1.54) is 38.5 Å². The van der Waals surface area contributed by atoms with Crippen molar-refractivity contribution >= 4 is 23.5 Å². The predicted octanol–water partition coefficient (Wildman–Crippen LogP) is 3.04. The minimum atomic E-state index is -0.962. The number of hydrogen-bond acceptors (Lipinski definition) is 5. The monoisotopic (exact) mass is 426 g/mol. The molecule has 4 bridgehead atoms. The Balaban J connectivity index is 1.10. The normalized spacial score (nSPS) is 33.6. The van der Waals surface area contributed by atoms with Crippen LogP contribution < -0.4 is 15.4 Å². The lowest BCUT2D eigenvalue weighted by Crippen LogP contribution is -2.56. The van der Waals surface area contributed by atoms with Gasteiger partial charge in [-0.3, -0.25) is 14.4 Å². The molecule has 2 N–H and O–H groups in total. The first kappa shape index (κ1) is 20.3. The topological polar surface area (TPSA) is 93.7 Å². The molecule has 31 heavy (non-hydrogen) atoms. The van der Waals surface area contributed by atoms with E-state index >= 15 is 0 Å². The molecule has 0 saturated heterocycles. The lowest BCUT2D eigenvalue weighted by atomic mass is 9.48. The first-order chi connectivity index (χ1) is 14.9. The first-order valence-corrected chi connectivity index (χ1v) is 11.4. The molecule has 4 aliphatic carbocycles. The van der Waals surface area contributed by atoms with Gasteiger partial charge in [-0.25, -0.2) is 0 Å². The summed E-state index contributed by atoms with van der Waals surface area (Å²) in [7, 11) is 0. The second kappa shape index (κ2) is 7.84. The van der Waals surface area contributed by atoms with Crippen molar-refractivity contribution in [2.45, 2.75) is 64.0 Å². The first-order valence-electron chi connectivity index (χ1n) is 11.4. The van der Waals surface area contributed by atoms with Gasteiger partial charge in [0.2, 0.25) is 0 Å². The fraction of sp³-hybridized carbons (Fsp3) is 0.625. The molecule has 7 nitrogen and oxygen atoms in total. The average molecular weight is 427 g/mol. The van der Waals surface area contributed by atoms with Gasteiger partial charge < -0.3 is 20.1 Å². The lowest BCUT2D eigenvalue weighted by molar-refractivity contribution is -0.152. The fourth-order valence-electron chi connectivity index (χ4n) is 6.73. The zero-order chi connectivity index (χ0) is 21.6. The number of carbonyl (C=O) groups excluding carboxylic acids is 3. The number of fused-ring (bicyclic) bond motifs is 1. The molecular formula is C24H30N2O5. The summed E-state index contributed by atoms with van der Waals surface area (Å²) in [5.41, 5.74) is 0.783. The highest BCUT2D eigenvalue weighted by atomic mass is 16.5. The Bertz CT molecular complexity index is 862. The molecule has 7 heteroatoms. The minimum absolute atomic E-state index is 0.0797. The number of benzene rings is 1. The van der Waals surface area contributed by atoms with Gasteiger partial charge in [-0.15, -0.1) is 0 Å². The SMILES string of the molecule is C[C@@H](NC(=O)COC(=O)C[C@H]1Oc2ccccc2NC1=O)C12CC3CC(CC(C3)C1)C2. The van der Waals surface area contributed by atoms with Crippen LogP contribution in [0.25, 0.3) is 0 Å². The molecule has 6 rings (SSSR count). The molecule has 0 unspecified atom stereocenters. The number of rotatable bonds is 6. The van der Waals surface area contributed by atoms with Crippen molar-refractivity contribution in [1.82, 2.24) is 5.32 Å². The van der Waals surface area contributed by atoms with Gasteiger partial charge in [-0.05, 0) is 80.8 Å². The van der Waals surface area contributed by atoms with E-state index in [9.17, 15) is 14.4 Å². The van der Waals surface area contributed by atoms with E-state index < -0.39 is 18.0 Å². The Morgan fingerprint density at radius 3 is 2.48 bits per heavy atom. The maximum atomic E-state index is 12.5. The molecule has 1 heterocycles. The molecule has 4 fully saturated rings. The summed E-state index contributed by atoms with van der Waals surface area (Å²) in [6, 6.07) is 7.13. The number of ether oxygens (including phenoxy) is 2. The van der Waals surface area contributed by atoms with Crippen molar-refractivity contribution in [3.63, 3.8) is 0 Å². The van der Waals surface area contributed by atoms with E-state index in [4.69, 9.17) is 9.47 Å². The Morgan fingerprint density at radius 1 is 1.16 bits per heavy atom. The summed E-state index contributed by atoms with van der Waals surface area (Å²) in [5, 5.41) is 5.81. The van der Waals surface area contributed by atoms with Crippen LogP contribution in [0.5, 0.6) is 5.75 Å². The summed E-state index contributed by atoms with van der Waals surface area (Å²) < 4.78 is 10.8. The van der Waals surface area contributed by atoms with Gasteiger partial charge in [0.15, 0.2) is 12.7 Å². The second-order valence-corrected chi connectivity index (χ2v) is 10.0. The molecule has 0 radical (unpaired) electrons. The van der Waals surface area contributed by atoms with Crippen molar-refractivity contribution in [2.24, 2.45) is 23.2 Å². The van der Waals surface area contributed by atoms with Crippen molar-refractivity contribution < 1.29 is 23.9 Å². The molecule has 1 aliphatic heterocycles. The van der Waals surface area contributed by atoms with Gasteiger partial charge in [-0.2, -0.15) is 0 Å². The van der Waals surface area contributed by atoms with Crippen molar-refractivity contribution in [1.29, 1.82) is 0 Å². The van der Waals surface area contributed by atoms with Crippen LogP contribution in [0.1, 0.15) is 51.9 Å². The average Bonchev–Trinajstić information content (AvgIpc) is 2.72. The van der Waals surface area contributed by atoms with E-state index in [2.05, 4.69) is 17.6 Å². The van der Waals surface area contributed by atoms with Crippen LogP contribution in [0.2, 0.25) is 0 Å². The summed E-state index contributed by atoms with van der Waals surface area (Å²) >= 11 is 0. The number of hydrogen-bond donors (Lipinski definition) is 2. The van der Waals surface area contributed by atoms with Gasteiger partial charge in [0.25, 0.3) is 11.8 Å². The third-order valence-electron chi connectivity index (χ3n) is 7.80. The Hall–Kier alpha value is -2.57. The Kier molecular flexibility index (Phi) is 5.15. The van der Waals surface area contributed by atoms with E-state index in [1.54, 1.807) is 24.3 Å². The molecule has 0 spiro atoms. The van der Waals surface area contributed by atoms with E-state index in [0.29, 0.717) is 11.4 Å². The Morgan fingerprint density at radius 2 is 1.81 bits per heavy atom. The Labute approximate surface area is 182 Å². The number of carbonyl (C=O) groups is 3. The molecular weight excluding hydrogens is 396 g/mol. The maximum absolute atomic E-state index is 12.5. The molecule has 0 aromatic heterocycles. The fourth-order valence-corrected chi connectivity index (χ4v) is 6.73. The van der Waals surface area contributed by atoms with Crippen LogP contribution in [0, 0.1) is 23.2 Å². The number of para-hydroxylation sites is 2. The molecule has 1 aromatic carbocycles. The third-order valence-corrected chi connectivity index (χ3v) is 7.80. The van der Waals surface area contributed by atoms with Crippen LogP contribution in [0.3, 0.4) is 0 Å².